The molecule has 1 aromatic rings. The average Bonchev–Trinajstić information content (AvgIpc) is 2.33. The van der Waals surface area contributed by atoms with Crippen LogP contribution in [-0.2, 0) is 6.18 Å². The molecule has 0 heterocycles. The second-order valence-electron chi connectivity index (χ2n) is 4.21. The van der Waals surface area contributed by atoms with Crippen molar-refractivity contribution in [3.8, 4) is 0 Å². The summed E-state index contributed by atoms with van der Waals surface area (Å²) in [6.45, 7) is 5.00. The second-order valence-corrected chi connectivity index (χ2v) is 4.21. The Morgan fingerprint density at radius 3 is 1.95 bits per heavy atom. The Balaban J connectivity index is 3.55. The van der Waals surface area contributed by atoms with E-state index in [9.17, 15) is 33.4 Å². The number of benzene rings is 1. The van der Waals surface area contributed by atoms with Gasteiger partial charge in [-0.3, -0.25) is 20.2 Å². The molecule has 7 nitrogen and oxygen atoms in total. The number of hydrogen-bond donors (Lipinski definition) is 1. The summed E-state index contributed by atoms with van der Waals surface area (Å²) >= 11 is 0. The molecular weight excluding hydrogens is 295 g/mol. The van der Waals surface area contributed by atoms with Gasteiger partial charge < -0.3 is 5.32 Å². The standard InChI is InChI=1S/C11H10F3N3O4/c1-6(2)5-15-10-8(16(18)19)3-7(11(12,13)14)4-9(10)17(20)21/h3-4,15H,1,5H2,2H3. The molecule has 0 amide bonds. The average molecular weight is 305 g/mol. The summed E-state index contributed by atoms with van der Waals surface area (Å²) in [5, 5.41) is 24.1. The van der Waals surface area contributed by atoms with Crippen LogP contribution >= 0.6 is 0 Å². The Kier molecular flexibility index (Phi) is 4.51. The summed E-state index contributed by atoms with van der Waals surface area (Å²) in [7, 11) is 0. The van der Waals surface area contributed by atoms with Gasteiger partial charge in [0.2, 0.25) is 0 Å². The number of hydrogen-bond acceptors (Lipinski definition) is 5. The number of nitrogens with zero attached hydrogens (tertiary/aromatic N) is 2. The van der Waals surface area contributed by atoms with Crippen LogP contribution in [0, 0.1) is 20.2 Å². The first kappa shape index (κ1) is 16.4. The monoisotopic (exact) mass is 305 g/mol. The first-order valence-electron chi connectivity index (χ1n) is 5.46. The van der Waals surface area contributed by atoms with Crippen molar-refractivity contribution in [3.05, 3.63) is 50.1 Å². The third-order valence-electron chi connectivity index (χ3n) is 2.38. The van der Waals surface area contributed by atoms with E-state index >= 15 is 0 Å². The van der Waals surface area contributed by atoms with Gasteiger partial charge in [-0.25, -0.2) is 0 Å². The van der Waals surface area contributed by atoms with E-state index in [1.807, 2.05) is 0 Å². The largest absolute Gasteiger partial charge is 0.416 e. The number of nitro benzene ring substituents is 2. The fraction of sp³-hybridized carbons (Fsp3) is 0.273. The van der Waals surface area contributed by atoms with E-state index in [0.717, 1.165) is 0 Å². The van der Waals surface area contributed by atoms with Crippen LogP contribution in [0.25, 0.3) is 0 Å². The predicted octanol–water partition coefficient (Wildman–Crippen LogP) is 3.51. The van der Waals surface area contributed by atoms with Gasteiger partial charge in [-0.2, -0.15) is 13.2 Å². The first-order valence-corrected chi connectivity index (χ1v) is 5.46. The van der Waals surface area contributed by atoms with Crippen LogP contribution in [0.5, 0.6) is 0 Å². The first-order chi connectivity index (χ1) is 9.54. The maximum atomic E-state index is 12.6. The molecule has 0 fully saturated rings. The van der Waals surface area contributed by atoms with E-state index < -0.39 is 38.6 Å². The zero-order chi connectivity index (χ0) is 16.4. The maximum absolute atomic E-state index is 12.6. The van der Waals surface area contributed by atoms with Crippen molar-refractivity contribution in [1.29, 1.82) is 0 Å². The fourth-order valence-electron chi connectivity index (χ4n) is 1.48. The normalized spacial score (nSPS) is 11.0. The summed E-state index contributed by atoms with van der Waals surface area (Å²) in [5.74, 6) is 0. The molecule has 1 rings (SSSR count). The number of halogens is 3. The van der Waals surface area contributed by atoms with Gasteiger partial charge in [0.15, 0.2) is 5.69 Å². The molecule has 0 unspecified atom stereocenters. The highest BCUT2D eigenvalue weighted by Crippen LogP contribution is 2.41. The van der Waals surface area contributed by atoms with Crippen LogP contribution in [0.15, 0.2) is 24.3 Å². The molecule has 21 heavy (non-hydrogen) atoms. The topological polar surface area (TPSA) is 98.3 Å². The van der Waals surface area contributed by atoms with Crippen molar-refractivity contribution in [2.45, 2.75) is 13.1 Å². The molecule has 0 aliphatic carbocycles. The van der Waals surface area contributed by atoms with Crippen molar-refractivity contribution < 1.29 is 23.0 Å². The quantitative estimate of drug-likeness (QED) is 0.510. The van der Waals surface area contributed by atoms with Crippen molar-refractivity contribution in [3.63, 3.8) is 0 Å². The summed E-state index contributed by atoms with van der Waals surface area (Å²) in [4.78, 5) is 19.5. The highest BCUT2D eigenvalue weighted by atomic mass is 19.4. The molecule has 0 saturated carbocycles. The van der Waals surface area contributed by atoms with E-state index in [1.165, 1.54) is 0 Å². The minimum atomic E-state index is -4.93. The molecule has 0 spiro atoms. The Bertz CT molecular complexity index is 578. The zero-order valence-corrected chi connectivity index (χ0v) is 10.7. The van der Waals surface area contributed by atoms with Gasteiger partial charge >= 0.3 is 6.18 Å². The molecule has 0 aliphatic heterocycles. The minimum absolute atomic E-state index is 0.0486. The molecule has 0 saturated heterocycles. The summed E-state index contributed by atoms with van der Waals surface area (Å²) in [6.07, 6.45) is -4.93. The minimum Gasteiger partial charge on any atom is -0.370 e. The van der Waals surface area contributed by atoms with Crippen molar-refractivity contribution in [1.82, 2.24) is 0 Å². The molecule has 1 N–H and O–H groups in total. The number of alkyl halides is 3. The second kappa shape index (κ2) is 5.77. The molecule has 0 bridgehead atoms. The molecule has 0 radical (unpaired) electrons. The van der Waals surface area contributed by atoms with Crippen LogP contribution in [0.1, 0.15) is 12.5 Å². The van der Waals surface area contributed by atoms with Crippen LogP contribution < -0.4 is 5.32 Å². The van der Waals surface area contributed by atoms with Crippen molar-refractivity contribution >= 4 is 17.1 Å². The van der Waals surface area contributed by atoms with Crippen LogP contribution in [-0.4, -0.2) is 16.4 Å². The van der Waals surface area contributed by atoms with E-state index in [-0.39, 0.29) is 18.7 Å². The SMILES string of the molecule is C=C(C)CNc1c([N+](=O)[O-])cc(C(F)(F)F)cc1[N+](=O)[O-]. The van der Waals surface area contributed by atoms with Gasteiger partial charge in [0, 0.05) is 18.7 Å². The highest BCUT2D eigenvalue weighted by Gasteiger charge is 2.37. The number of anilines is 1. The van der Waals surface area contributed by atoms with Crippen molar-refractivity contribution in [2.75, 3.05) is 11.9 Å². The lowest BCUT2D eigenvalue weighted by molar-refractivity contribution is -0.392. The number of rotatable bonds is 5. The molecule has 10 heteroatoms. The highest BCUT2D eigenvalue weighted by molar-refractivity contribution is 5.75. The Labute approximate surface area is 116 Å². The van der Waals surface area contributed by atoms with E-state index in [0.29, 0.717) is 5.57 Å². The Hall–Kier alpha value is -2.65. The van der Waals surface area contributed by atoms with Crippen LogP contribution in [0.2, 0.25) is 0 Å². The molecule has 114 valence electrons. The smallest absolute Gasteiger partial charge is 0.370 e. The molecule has 0 atom stereocenters. The van der Waals surface area contributed by atoms with E-state index in [4.69, 9.17) is 0 Å². The van der Waals surface area contributed by atoms with E-state index in [1.54, 1.807) is 6.92 Å². The van der Waals surface area contributed by atoms with Crippen LogP contribution in [0.4, 0.5) is 30.2 Å². The number of nitrogens with one attached hydrogen (secondary N) is 1. The zero-order valence-electron chi connectivity index (χ0n) is 10.7. The molecule has 0 aliphatic rings. The van der Waals surface area contributed by atoms with Gasteiger partial charge in [0.1, 0.15) is 0 Å². The Morgan fingerprint density at radius 2 is 1.67 bits per heavy atom. The Morgan fingerprint density at radius 1 is 1.24 bits per heavy atom. The van der Waals surface area contributed by atoms with Gasteiger partial charge in [0.25, 0.3) is 11.4 Å². The maximum Gasteiger partial charge on any atom is 0.416 e. The van der Waals surface area contributed by atoms with Gasteiger partial charge in [-0.1, -0.05) is 12.2 Å². The predicted molar refractivity (Wildman–Crippen MR) is 68.1 cm³/mol. The third kappa shape index (κ3) is 3.91. The van der Waals surface area contributed by atoms with Crippen LogP contribution in [0.3, 0.4) is 0 Å². The lowest BCUT2D eigenvalue weighted by Crippen LogP contribution is -2.11. The van der Waals surface area contributed by atoms with Gasteiger partial charge in [-0.15, -0.1) is 0 Å². The van der Waals surface area contributed by atoms with Gasteiger partial charge in [0.05, 0.1) is 15.4 Å². The third-order valence-corrected chi connectivity index (χ3v) is 2.38. The molecule has 0 aromatic heterocycles. The molecular formula is C11H10F3N3O4. The summed E-state index contributed by atoms with van der Waals surface area (Å²) in [6, 6.07) is 0.515. The molecule has 1 aromatic carbocycles. The van der Waals surface area contributed by atoms with E-state index in [2.05, 4.69) is 11.9 Å². The summed E-state index contributed by atoms with van der Waals surface area (Å²) < 4.78 is 37.9. The lowest BCUT2D eigenvalue weighted by atomic mass is 10.1. The summed E-state index contributed by atoms with van der Waals surface area (Å²) in [5.41, 5.74) is -3.57. The van der Waals surface area contributed by atoms with Gasteiger partial charge in [-0.05, 0) is 6.92 Å². The number of nitro groups is 2. The lowest BCUT2D eigenvalue weighted by Gasteiger charge is -2.11. The van der Waals surface area contributed by atoms with Crippen molar-refractivity contribution in [2.24, 2.45) is 0 Å². The fourth-order valence-corrected chi connectivity index (χ4v) is 1.48.